The summed E-state index contributed by atoms with van der Waals surface area (Å²) in [6.45, 7) is 0. The van der Waals surface area contributed by atoms with Gasteiger partial charge in [-0.3, -0.25) is 4.98 Å². The van der Waals surface area contributed by atoms with Gasteiger partial charge in [-0.2, -0.15) is 0 Å². The van der Waals surface area contributed by atoms with Gasteiger partial charge < -0.3 is 9.52 Å². The monoisotopic (exact) mass is 267 g/mol. The minimum absolute atomic E-state index is 0.0892. The first-order valence-corrected chi connectivity index (χ1v) is 4.91. The van der Waals surface area contributed by atoms with Gasteiger partial charge in [-0.1, -0.05) is 0 Å². The van der Waals surface area contributed by atoms with Crippen LogP contribution >= 0.6 is 15.9 Å². The molecule has 2 rings (SSSR count). The molecule has 0 saturated carbocycles. The molecule has 0 aromatic carbocycles. The standard InChI is InChI=1S/C10H6BrNO3/c11-7-5-8(10(13)14)15-9(7)6-1-3-12-4-2-6/h1-5H,(H,13,14). The highest BCUT2D eigenvalue weighted by Gasteiger charge is 2.15. The van der Waals surface area contributed by atoms with E-state index in [2.05, 4.69) is 20.9 Å². The van der Waals surface area contributed by atoms with Crippen LogP contribution in [0.4, 0.5) is 0 Å². The first-order valence-electron chi connectivity index (χ1n) is 4.11. The van der Waals surface area contributed by atoms with Crippen LogP contribution < -0.4 is 0 Å². The molecule has 0 fully saturated rings. The predicted molar refractivity (Wildman–Crippen MR) is 56.6 cm³/mol. The normalized spacial score (nSPS) is 10.2. The second kappa shape index (κ2) is 3.86. The summed E-state index contributed by atoms with van der Waals surface area (Å²) in [5.74, 6) is -0.681. The summed E-state index contributed by atoms with van der Waals surface area (Å²) >= 11 is 3.24. The first-order chi connectivity index (χ1) is 7.18. The summed E-state index contributed by atoms with van der Waals surface area (Å²) < 4.78 is 5.80. The summed E-state index contributed by atoms with van der Waals surface area (Å²) in [5.41, 5.74) is 0.782. The smallest absolute Gasteiger partial charge is 0.371 e. The number of furan rings is 1. The average Bonchev–Trinajstić information content (AvgIpc) is 2.62. The van der Waals surface area contributed by atoms with E-state index in [1.165, 1.54) is 6.07 Å². The van der Waals surface area contributed by atoms with Gasteiger partial charge >= 0.3 is 5.97 Å². The molecular weight excluding hydrogens is 262 g/mol. The Bertz CT molecular complexity index is 493. The van der Waals surface area contributed by atoms with Gasteiger partial charge in [0.1, 0.15) is 5.76 Å². The van der Waals surface area contributed by atoms with E-state index in [1.54, 1.807) is 24.5 Å². The van der Waals surface area contributed by atoms with E-state index in [9.17, 15) is 4.79 Å². The molecule has 1 N–H and O–H groups in total. The SMILES string of the molecule is O=C(O)c1cc(Br)c(-c2ccncc2)o1. The number of hydrogen-bond acceptors (Lipinski definition) is 3. The molecule has 2 aromatic rings. The van der Waals surface area contributed by atoms with Crippen molar-refractivity contribution in [3.05, 3.63) is 40.8 Å². The van der Waals surface area contributed by atoms with E-state index < -0.39 is 5.97 Å². The lowest BCUT2D eigenvalue weighted by molar-refractivity contribution is 0.0663. The summed E-state index contributed by atoms with van der Waals surface area (Å²) in [6.07, 6.45) is 3.23. The Morgan fingerprint density at radius 2 is 2.07 bits per heavy atom. The van der Waals surface area contributed by atoms with Crippen molar-refractivity contribution in [3.8, 4) is 11.3 Å². The molecule has 0 aliphatic carbocycles. The number of carboxylic acid groups (broad SMARTS) is 1. The van der Waals surface area contributed by atoms with E-state index in [-0.39, 0.29) is 5.76 Å². The van der Waals surface area contributed by atoms with Gasteiger partial charge in [0, 0.05) is 24.0 Å². The third kappa shape index (κ3) is 1.92. The van der Waals surface area contributed by atoms with E-state index in [1.807, 2.05) is 0 Å². The van der Waals surface area contributed by atoms with Crippen molar-refractivity contribution in [2.75, 3.05) is 0 Å². The molecule has 0 spiro atoms. The molecule has 15 heavy (non-hydrogen) atoms. The first kappa shape index (κ1) is 9.92. The van der Waals surface area contributed by atoms with Crippen LogP contribution in [0.5, 0.6) is 0 Å². The van der Waals surface area contributed by atoms with Gasteiger partial charge in [0.2, 0.25) is 5.76 Å². The average molecular weight is 268 g/mol. The zero-order valence-electron chi connectivity index (χ0n) is 7.48. The molecule has 4 nitrogen and oxygen atoms in total. The number of aromatic carboxylic acids is 1. The molecule has 76 valence electrons. The van der Waals surface area contributed by atoms with Crippen LogP contribution in [-0.2, 0) is 0 Å². The molecule has 5 heteroatoms. The highest BCUT2D eigenvalue weighted by molar-refractivity contribution is 9.10. The topological polar surface area (TPSA) is 63.3 Å². The van der Waals surface area contributed by atoms with Gasteiger partial charge in [-0.15, -0.1) is 0 Å². The van der Waals surface area contributed by atoms with Crippen LogP contribution in [0.3, 0.4) is 0 Å². The number of nitrogens with zero attached hydrogens (tertiary/aromatic N) is 1. The van der Waals surface area contributed by atoms with E-state index in [4.69, 9.17) is 9.52 Å². The van der Waals surface area contributed by atoms with Gasteiger partial charge in [0.15, 0.2) is 0 Å². The van der Waals surface area contributed by atoms with Crippen molar-refractivity contribution in [2.24, 2.45) is 0 Å². The molecular formula is C10H6BrNO3. The quantitative estimate of drug-likeness (QED) is 0.909. The van der Waals surface area contributed by atoms with Crippen LogP contribution in [0.2, 0.25) is 0 Å². The number of rotatable bonds is 2. The maximum Gasteiger partial charge on any atom is 0.371 e. The summed E-state index contributed by atoms with van der Waals surface area (Å²) in [7, 11) is 0. The zero-order valence-corrected chi connectivity index (χ0v) is 9.06. The van der Waals surface area contributed by atoms with Crippen LogP contribution in [0, 0.1) is 0 Å². The van der Waals surface area contributed by atoms with E-state index in [0.717, 1.165) is 5.56 Å². The predicted octanol–water partition coefficient (Wildman–Crippen LogP) is 2.80. The van der Waals surface area contributed by atoms with E-state index in [0.29, 0.717) is 10.2 Å². The Hall–Kier alpha value is -1.62. The largest absolute Gasteiger partial charge is 0.475 e. The molecule has 0 aliphatic heterocycles. The zero-order chi connectivity index (χ0) is 10.8. The van der Waals surface area contributed by atoms with Crippen molar-refractivity contribution in [1.82, 2.24) is 4.98 Å². The molecule has 0 radical (unpaired) electrons. The minimum Gasteiger partial charge on any atom is -0.475 e. The lowest BCUT2D eigenvalue weighted by Gasteiger charge is -1.95. The maximum atomic E-state index is 10.7. The van der Waals surface area contributed by atoms with Crippen molar-refractivity contribution in [2.45, 2.75) is 0 Å². The van der Waals surface area contributed by atoms with Crippen LogP contribution in [0.25, 0.3) is 11.3 Å². The number of carbonyl (C=O) groups is 1. The van der Waals surface area contributed by atoms with Crippen LogP contribution in [0.1, 0.15) is 10.6 Å². The Labute approximate surface area is 93.7 Å². The molecule has 0 saturated heterocycles. The van der Waals surface area contributed by atoms with Crippen molar-refractivity contribution >= 4 is 21.9 Å². The molecule has 2 aromatic heterocycles. The maximum absolute atomic E-state index is 10.7. The van der Waals surface area contributed by atoms with Gasteiger partial charge in [0.25, 0.3) is 0 Å². The molecule has 0 atom stereocenters. The molecule has 0 bridgehead atoms. The Balaban J connectivity index is 2.50. The number of halogens is 1. The lowest BCUT2D eigenvalue weighted by Crippen LogP contribution is -1.91. The third-order valence-electron chi connectivity index (χ3n) is 1.84. The van der Waals surface area contributed by atoms with Gasteiger partial charge in [0.05, 0.1) is 4.47 Å². The third-order valence-corrected chi connectivity index (χ3v) is 2.43. The van der Waals surface area contributed by atoms with Crippen LogP contribution in [-0.4, -0.2) is 16.1 Å². The van der Waals surface area contributed by atoms with Gasteiger partial charge in [-0.05, 0) is 28.1 Å². The summed E-state index contributed by atoms with van der Waals surface area (Å²) in [5, 5.41) is 8.74. The lowest BCUT2D eigenvalue weighted by atomic mass is 10.2. The fourth-order valence-electron chi connectivity index (χ4n) is 1.17. The highest BCUT2D eigenvalue weighted by atomic mass is 79.9. The van der Waals surface area contributed by atoms with Crippen LogP contribution in [0.15, 0.2) is 39.5 Å². The molecule has 0 unspecified atom stereocenters. The fourth-order valence-corrected chi connectivity index (χ4v) is 1.69. The summed E-state index contributed by atoms with van der Waals surface area (Å²) in [6, 6.07) is 4.92. The number of pyridine rings is 1. The number of hydrogen-bond donors (Lipinski definition) is 1. The summed E-state index contributed by atoms with van der Waals surface area (Å²) in [4.78, 5) is 14.5. The van der Waals surface area contributed by atoms with Crippen molar-refractivity contribution in [3.63, 3.8) is 0 Å². The Morgan fingerprint density at radius 3 is 2.60 bits per heavy atom. The molecule has 2 heterocycles. The van der Waals surface area contributed by atoms with Gasteiger partial charge in [-0.25, -0.2) is 4.79 Å². The molecule has 0 aliphatic rings. The second-order valence-electron chi connectivity index (χ2n) is 2.83. The Kier molecular flexibility index (Phi) is 2.55. The number of carboxylic acids is 1. The van der Waals surface area contributed by atoms with E-state index >= 15 is 0 Å². The highest BCUT2D eigenvalue weighted by Crippen LogP contribution is 2.31. The van der Waals surface area contributed by atoms with Crippen molar-refractivity contribution < 1.29 is 14.3 Å². The fraction of sp³-hybridized carbons (Fsp3) is 0. The minimum atomic E-state index is -1.09. The second-order valence-corrected chi connectivity index (χ2v) is 3.68. The Morgan fingerprint density at radius 1 is 1.40 bits per heavy atom. The van der Waals surface area contributed by atoms with Crippen molar-refractivity contribution in [1.29, 1.82) is 0 Å². The number of aromatic nitrogens is 1. The molecule has 0 amide bonds.